The molecular weight excluding hydrogens is 310 g/mol. The molecule has 2 aliphatic heterocycles. The van der Waals surface area contributed by atoms with Gasteiger partial charge in [-0.1, -0.05) is 0 Å². The largest absolute Gasteiger partial charge is 0.444 e. The third-order valence-corrected chi connectivity index (χ3v) is 4.78. The fourth-order valence-corrected chi connectivity index (χ4v) is 3.44. The van der Waals surface area contributed by atoms with Crippen LogP contribution in [0.2, 0.25) is 0 Å². The van der Waals surface area contributed by atoms with Gasteiger partial charge in [-0.15, -0.1) is 0 Å². The minimum absolute atomic E-state index is 0.0939. The molecule has 2 heterocycles. The first-order valence-electron chi connectivity index (χ1n) is 8.98. The van der Waals surface area contributed by atoms with Gasteiger partial charge in [0.25, 0.3) is 0 Å². The van der Waals surface area contributed by atoms with E-state index in [1.54, 1.807) is 4.90 Å². The van der Waals surface area contributed by atoms with Crippen LogP contribution < -0.4 is 5.32 Å². The second-order valence-corrected chi connectivity index (χ2v) is 8.03. The Morgan fingerprint density at radius 3 is 2.54 bits per heavy atom. The molecule has 0 aromatic rings. The van der Waals surface area contributed by atoms with E-state index in [1.165, 1.54) is 0 Å². The summed E-state index contributed by atoms with van der Waals surface area (Å²) in [6.07, 6.45) is 1.81. The summed E-state index contributed by atoms with van der Waals surface area (Å²) >= 11 is 0. The van der Waals surface area contributed by atoms with Crippen molar-refractivity contribution in [1.29, 1.82) is 0 Å². The van der Waals surface area contributed by atoms with E-state index in [0.29, 0.717) is 45.1 Å². The summed E-state index contributed by atoms with van der Waals surface area (Å²) < 4.78 is 5.40. The van der Waals surface area contributed by atoms with Crippen LogP contribution in [0.5, 0.6) is 0 Å². The van der Waals surface area contributed by atoms with Crippen molar-refractivity contribution < 1.29 is 19.7 Å². The Bertz CT molecular complexity index is 411. The molecule has 140 valence electrons. The number of hydrogen-bond donors (Lipinski definition) is 3. The molecule has 0 aliphatic carbocycles. The van der Waals surface area contributed by atoms with Gasteiger partial charge in [0.15, 0.2) is 0 Å². The SMILES string of the molecule is CC(C)(C)OC(=O)N1CCC(O)(CN(CCO)C2CCNC2)CC1. The highest BCUT2D eigenvalue weighted by Gasteiger charge is 2.38. The van der Waals surface area contributed by atoms with Crippen LogP contribution in [-0.4, -0.2) is 89.2 Å². The zero-order valence-corrected chi connectivity index (χ0v) is 15.3. The molecule has 2 rings (SSSR count). The van der Waals surface area contributed by atoms with E-state index in [2.05, 4.69) is 10.2 Å². The lowest BCUT2D eigenvalue weighted by Crippen LogP contribution is -2.55. The van der Waals surface area contributed by atoms with Gasteiger partial charge in [0.1, 0.15) is 5.60 Å². The lowest BCUT2D eigenvalue weighted by Gasteiger charge is -2.42. The molecule has 0 bridgehead atoms. The van der Waals surface area contributed by atoms with Crippen LogP contribution >= 0.6 is 0 Å². The monoisotopic (exact) mass is 343 g/mol. The predicted molar refractivity (Wildman–Crippen MR) is 91.9 cm³/mol. The molecule has 0 radical (unpaired) electrons. The predicted octanol–water partition coefficient (Wildman–Crippen LogP) is 0.405. The zero-order valence-electron chi connectivity index (χ0n) is 15.3. The van der Waals surface area contributed by atoms with Crippen molar-refractivity contribution in [2.24, 2.45) is 0 Å². The Labute approximate surface area is 144 Å². The average molecular weight is 343 g/mol. The van der Waals surface area contributed by atoms with E-state index < -0.39 is 11.2 Å². The van der Waals surface area contributed by atoms with E-state index in [1.807, 2.05) is 20.8 Å². The first-order chi connectivity index (χ1) is 11.2. The van der Waals surface area contributed by atoms with E-state index in [4.69, 9.17) is 4.74 Å². The average Bonchev–Trinajstić information content (AvgIpc) is 2.99. The number of carbonyl (C=O) groups excluding carboxylic acids is 1. The van der Waals surface area contributed by atoms with Crippen molar-refractivity contribution in [1.82, 2.24) is 15.1 Å². The molecular formula is C17H33N3O4. The smallest absolute Gasteiger partial charge is 0.410 e. The first kappa shape index (κ1) is 19.4. The summed E-state index contributed by atoms with van der Waals surface area (Å²) in [6.45, 7) is 9.66. The molecule has 1 unspecified atom stereocenters. The van der Waals surface area contributed by atoms with Crippen LogP contribution in [0.4, 0.5) is 4.79 Å². The second-order valence-electron chi connectivity index (χ2n) is 8.03. The Kier molecular flexibility index (Phi) is 6.47. The molecule has 0 saturated carbocycles. The number of rotatable bonds is 5. The molecule has 7 nitrogen and oxygen atoms in total. The maximum atomic E-state index is 12.1. The van der Waals surface area contributed by atoms with Crippen molar-refractivity contribution in [2.45, 2.75) is 57.3 Å². The van der Waals surface area contributed by atoms with Gasteiger partial charge in [0.05, 0.1) is 12.2 Å². The van der Waals surface area contributed by atoms with Gasteiger partial charge in [0.2, 0.25) is 0 Å². The van der Waals surface area contributed by atoms with Gasteiger partial charge in [-0.2, -0.15) is 0 Å². The highest BCUT2D eigenvalue weighted by atomic mass is 16.6. The number of aliphatic hydroxyl groups is 2. The van der Waals surface area contributed by atoms with Gasteiger partial charge in [-0.05, 0) is 46.6 Å². The van der Waals surface area contributed by atoms with Crippen LogP contribution in [0, 0.1) is 0 Å². The number of carbonyl (C=O) groups is 1. The van der Waals surface area contributed by atoms with Crippen LogP contribution in [0.1, 0.15) is 40.0 Å². The summed E-state index contributed by atoms with van der Waals surface area (Å²) in [5.41, 5.74) is -1.31. The summed E-state index contributed by atoms with van der Waals surface area (Å²) in [5.74, 6) is 0. The number of amides is 1. The van der Waals surface area contributed by atoms with Crippen molar-refractivity contribution in [3.8, 4) is 0 Å². The Morgan fingerprint density at radius 2 is 2.04 bits per heavy atom. The Hall–Kier alpha value is -0.890. The number of hydrogen-bond acceptors (Lipinski definition) is 6. The van der Waals surface area contributed by atoms with Crippen molar-refractivity contribution in [3.63, 3.8) is 0 Å². The highest BCUT2D eigenvalue weighted by molar-refractivity contribution is 5.68. The molecule has 3 N–H and O–H groups in total. The summed E-state index contributed by atoms with van der Waals surface area (Å²) in [6, 6.07) is 0.366. The van der Waals surface area contributed by atoms with Crippen LogP contribution in [0.15, 0.2) is 0 Å². The molecule has 2 aliphatic rings. The van der Waals surface area contributed by atoms with Crippen LogP contribution in [0.3, 0.4) is 0 Å². The standard InChI is InChI=1S/C17H33N3O4/c1-16(2,3)24-15(22)19-8-5-17(23,6-9-19)13-20(10-11-21)14-4-7-18-12-14/h14,18,21,23H,4-13H2,1-3H3. The quantitative estimate of drug-likeness (QED) is 0.670. The number of nitrogens with zero attached hydrogens (tertiary/aromatic N) is 2. The number of aliphatic hydroxyl groups excluding tert-OH is 1. The lowest BCUT2D eigenvalue weighted by atomic mass is 9.90. The van der Waals surface area contributed by atoms with E-state index in [9.17, 15) is 15.0 Å². The molecule has 1 amide bonds. The first-order valence-corrected chi connectivity index (χ1v) is 8.98. The molecule has 24 heavy (non-hydrogen) atoms. The number of likely N-dealkylation sites (tertiary alicyclic amines) is 1. The van der Waals surface area contributed by atoms with Gasteiger partial charge in [0, 0.05) is 38.8 Å². The van der Waals surface area contributed by atoms with Gasteiger partial charge >= 0.3 is 6.09 Å². The molecule has 0 aromatic heterocycles. The third-order valence-electron chi connectivity index (χ3n) is 4.78. The minimum atomic E-state index is -0.809. The van der Waals surface area contributed by atoms with E-state index in [0.717, 1.165) is 19.5 Å². The van der Waals surface area contributed by atoms with Crippen LogP contribution in [0.25, 0.3) is 0 Å². The maximum Gasteiger partial charge on any atom is 0.410 e. The number of ether oxygens (including phenoxy) is 1. The topological polar surface area (TPSA) is 85.3 Å². The van der Waals surface area contributed by atoms with Gasteiger partial charge in [-0.25, -0.2) is 4.79 Å². The maximum absolute atomic E-state index is 12.1. The molecule has 1 atom stereocenters. The number of piperidine rings is 1. The molecule has 0 spiro atoms. The number of nitrogens with one attached hydrogen (secondary N) is 1. The molecule has 0 aromatic carbocycles. The second kappa shape index (κ2) is 7.99. The summed E-state index contributed by atoms with van der Waals surface area (Å²) in [7, 11) is 0. The summed E-state index contributed by atoms with van der Waals surface area (Å²) in [4.78, 5) is 16.0. The third kappa shape index (κ3) is 5.58. The van der Waals surface area contributed by atoms with Gasteiger partial charge in [-0.3, -0.25) is 4.90 Å². The fourth-order valence-electron chi connectivity index (χ4n) is 3.44. The molecule has 2 fully saturated rings. The fraction of sp³-hybridized carbons (Fsp3) is 0.941. The molecule has 2 saturated heterocycles. The van der Waals surface area contributed by atoms with Crippen molar-refractivity contribution in [2.75, 3.05) is 45.9 Å². The highest BCUT2D eigenvalue weighted by Crippen LogP contribution is 2.26. The Balaban J connectivity index is 1.87. The van der Waals surface area contributed by atoms with E-state index >= 15 is 0 Å². The van der Waals surface area contributed by atoms with Crippen molar-refractivity contribution in [3.05, 3.63) is 0 Å². The van der Waals surface area contributed by atoms with Crippen LogP contribution in [-0.2, 0) is 4.74 Å². The Morgan fingerprint density at radius 1 is 1.38 bits per heavy atom. The van der Waals surface area contributed by atoms with Gasteiger partial charge < -0.3 is 25.2 Å². The summed E-state index contributed by atoms with van der Waals surface area (Å²) in [5, 5.41) is 23.6. The van der Waals surface area contributed by atoms with Crippen molar-refractivity contribution >= 4 is 6.09 Å². The lowest BCUT2D eigenvalue weighted by molar-refractivity contribution is -0.0573. The molecule has 7 heteroatoms. The normalized spacial score (nSPS) is 24.4. The van der Waals surface area contributed by atoms with E-state index in [-0.39, 0.29) is 12.7 Å². The zero-order chi connectivity index (χ0) is 17.8. The minimum Gasteiger partial charge on any atom is -0.444 e.